The first-order valence-electron chi connectivity index (χ1n) is 6.81. The summed E-state index contributed by atoms with van der Waals surface area (Å²) in [6.45, 7) is 1.97. The Balaban J connectivity index is 1.83. The first-order chi connectivity index (χ1) is 10.1. The van der Waals surface area contributed by atoms with Gasteiger partial charge in [-0.3, -0.25) is 4.79 Å². The largest absolute Gasteiger partial charge is 0.469 e. The van der Waals surface area contributed by atoms with Crippen molar-refractivity contribution in [2.75, 3.05) is 0 Å². The lowest BCUT2D eigenvalue weighted by Gasteiger charge is -2.14. The Morgan fingerprint density at radius 2 is 1.95 bits per heavy atom. The Labute approximate surface area is 134 Å². The summed E-state index contributed by atoms with van der Waals surface area (Å²) >= 11 is 12.1. The van der Waals surface area contributed by atoms with Crippen LogP contribution >= 0.6 is 23.2 Å². The quantitative estimate of drug-likeness (QED) is 0.861. The van der Waals surface area contributed by atoms with Crippen LogP contribution in [0.25, 0.3) is 0 Å². The summed E-state index contributed by atoms with van der Waals surface area (Å²) in [7, 11) is 0. The van der Waals surface area contributed by atoms with Gasteiger partial charge in [0.2, 0.25) is 5.91 Å². The van der Waals surface area contributed by atoms with Gasteiger partial charge in [-0.2, -0.15) is 0 Å². The molecular weight excluding hydrogens is 309 g/mol. The normalized spacial score (nSPS) is 12.1. The summed E-state index contributed by atoms with van der Waals surface area (Å²) in [6.07, 6.45) is 3.44. The Hall–Kier alpha value is -1.45. The average Bonchev–Trinajstić information content (AvgIpc) is 2.94. The molecule has 1 N–H and O–H groups in total. The molecule has 1 aromatic carbocycles. The fourth-order valence-corrected chi connectivity index (χ4v) is 2.60. The predicted molar refractivity (Wildman–Crippen MR) is 84.8 cm³/mol. The number of hydrogen-bond donors (Lipinski definition) is 1. The zero-order chi connectivity index (χ0) is 15.2. The highest BCUT2D eigenvalue weighted by Gasteiger charge is 2.13. The summed E-state index contributed by atoms with van der Waals surface area (Å²) in [5, 5.41) is 3.98. The van der Waals surface area contributed by atoms with Gasteiger partial charge in [-0.25, -0.2) is 0 Å². The summed E-state index contributed by atoms with van der Waals surface area (Å²) in [5.74, 6) is 0.835. The molecule has 0 fully saturated rings. The molecule has 112 valence electrons. The van der Waals surface area contributed by atoms with Crippen molar-refractivity contribution in [3.05, 3.63) is 58.0 Å². The lowest BCUT2D eigenvalue weighted by molar-refractivity contribution is -0.121. The van der Waals surface area contributed by atoms with Gasteiger partial charge in [-0.1, -0.05) is 29.3 Å². The van der Waals surface area contributed by atoms with Crippen LogP contribution in [0.2, 0.25) is 10.0 Å². The minimum absolute atomic E-state index is 0.0591. The van der Waals surface area contributed by atoms with Crippen LogP contribution in [0.1, 0.15) is 24.7 Å². The Kier molecular flexibility index (Phi) is 5.71. The molecule has 0 spiro atoms. The molecule has 3 nitrogen and oxygen atoms in total. The number of aryl methyl sites for hydroxylation is 1. The van der Waals surface area contributed by atoms with Crippen LogP contribution in [0.4, 0.5) is 0 Å². The van der Waals surface area contributed by atoms with E-state index in [-0.39, 0.29) is 18.4 Å². The van der Waals surface area contributed by atoms with E-state index in [1.807, 2.05) is 19.1 Å². The van der Waals surface area contributed by atoms with E-state index >= 15 is 0 Å². The number of carbonyl (C=O) groups is 1. The van der Waals surface area contributed by atoms with Crippen LogP contribution in [-0.4, -0.2) is 11.9 Å². The summed E-state index contributed by atoms with van der Waals surface area (Å²) in [5.41, 5.74) is 0.663. The summed E-state index contributed by atoms with van der Waals surface area (Å²) in [4.78, 5) is 12.0. The molecule has 0 aliphatic heterocycles. The van der Waals surface area contributed by atoms with Crippen molar-refractivity contribution in [3.63, 3.8) is 0 Å². The molecule has 5 heteroatoms. The molecule has 0 aliphatic rings. The van der Waals surface area contributed by atoms with Crippen LogP contribution in [0, 0.1) is 0 Å². The van der Waals surface area contributed by atoms with Gasteiger partial charge in [0.15, 0.2) is 0 Å². The molecule has 0 radical (unpaired) electrons. The van der Waals surface area contributed by atoms with Gasteiger partial charge in [-0.15, -0.1) is 0 Å². The highest BCUT2D eigenvalue weighted by Crippen LogP contribution is 2.24. The minimum Gasteiger partial charge on any atom is -0.469 e. The third kappa shape index (κ3) is 4.80. The van der Waals surface area contributed by atoms with Crippen LogP contribution < -0.4 is 5.32 Å². The molecule has 1 heterocycles. The number of carbonyl (C=O) groups excluding carboxylic acids is 1. The van der Waals surface area contributed by atoms with E-state index in [4.69, 9.17) is 27.6 Å². The smallest absolute Gasteiger partial charge is 0.224 e. The Bertz CT molecular complexity index is 576. The second kappa shape index (κ2) is 7.53. The van der Waals surface area contributed by atoms with Crippen LogP contribution in [0.3, 0.4) is 0 Å². The number of benzene rings is 1. The molecule has 1 atom stereocenters. The third-order valence-corrected chi connectivity index (χ3v) is 3.92. The standard InChI is InChI=1S/C16H17Cl2NO2/c1-11(7-8-12-4-3-9-21-12)19-16(20)10-13-14(17)5-2-6-15(13)18/h2-6,9,11H,7-8,10H2,1H3,(H,19,20). The molecule has 1 amide bonds. The van der Waals surface area contributed by atoms with Crippen molar-refractivity contribution in [2.45, 2.75) is 32.2 Å². The lowest BCUT2D eigenvalue weighted by atomic mass is 10.1. The predicted octanol–water partition coefficient (Wildman–Crippen LogP) is 4.27. The van der Waals surface area contributed by atoms with E-state index in [2.05, 4.69) is 5.32 Å². The molecule has 2 aromatic rings. The van der Waals surface area contributed by atoms with Gasteiger partial charge in [-0.05, 0) is 43.2 Å². The summed E-state index contributed by atoms with van der Waals surface area (Å²) < 4.78 is 5.27. The monoisotopic (exact) mass is 325 g/mol. The fourth-order valence-electron chi connectivity index (χ4n) is 2.07. The number of rotatable bonds is 6. The zero-order valence-electron chi connectivity index (χ0n) is 11.7. The number of furan rings is 1. The molecular formula is C16H17Cl2NO2. The molecule has 0 aliphatic carbocycles. The molecule has 0 saturated carbocycles. The van der Waals surface area contributed by atoms with E-state index in [1.165, 1.54) is 0 Å². The maximum absolute atomic E-state index is 12.0. The Morgan fingerprint density at radius 1 is 1.24 bits per heavy atom. The number of halogens is 2. The van der Waals surface area contributed by atoms with E-state index in [0.717, 1.165) is 18.6 Å². The van der Waals surface area contributed by atoms with Gasteiger partial charge in [0.25, 0.3) is 0 Å². The van der Waals surface area contributed by atoms with E-state index in [1.54, 1.807) is 24.5 Å². The second-order valence-electron chi connectivity index (χ2n) is 4.96. The lowest BCUT2D eigenvalue weighted by Crippen LogP contribution is -2.34. The van der Waals surface area contributed by atoms with E-state index < -0.39 is 0 Å². The SMILES string of the molecule is CC(CCc1ccco1)NC(=O)Cc1c(Cl)cccc1Cl. The minimum atomic E-state index is -0.0862. The topological polar surface area (TPSA) is 42.2 Å². The number of nitrogens with one attached hydrogen (secondary N) is 1. The number of amides is 1. The van der Waals surface area contributed by atoms with Gasteiger partial charge < -0.3 is 9.73 Å². The Morgan fingerprint density at radius 3 is 2.57 bits per heavy atom. The fraction of sp³-hybridized carbons (Fsp3) is 0.312. The van der Waals surface area contributed by atoms with Crippen LogP contribution in [0.15, 0.2) is 41.0 Å². The first-order valence-corrected chi connectivity index (χ1v) is 7.56. The van der Waals surface area contributed by atoms with Crippen LogP contribution in [0.5, 0.6) is 0 Å². The molecule has 0 saturated heterocycles. The van der Waals surface area contributed by atoms with Gasteiger partial charge in [0.1, 0.15) is 5.76 Å². The highest BCUT2D eigenvalue weighted by molar-refractivity contribution is 6.36. The van der Waals surface area contributed by atoms with E-state index in [9.17, 15) is 4.79 Å². The van der Waals surface area contributed by atoms with Crippen molar-refractivity contribution in [2.24, 2.45) is 0 Å². The number of hydrogen-bond acceptors (Lipinski definition) is 2. The van der Waals surface area contributed by atoms with Crippen molar-refractivity contribution in [3.8, 4) is 0 Å². The van der Waals surface area contributed by atoms with Crippen molar-refractivity contribution < 1.29 is 9.21 Å². The average molecular weight is 326 g/mol. The summed E-state index contributed by atoms with van der Waals surface area (Å²) in [6, 6.07) is 9.07. The molecule has 1 unspecified atom stereocenters. The molecule has 21 heavy (non-hydrogen) atoms. The van der Waals surface area contributed by atoms with Crippen LogP contribution in [-0.2, 0) is 17.6 Å². The van der Waals surface area contributed by atoms with Gasteiger partial charge in [0.05, 0.1) is 12.7 Å². The molecule has 0 bridgehead atoms. The zero-order valence-corrected chi connectivity index (χ0v) is 13.2. The van der Waals surface area contributed by atoms with Gasteiger partial charge >= 0.3 is 0 Å². The van der Waals surface area contributed by atoms with Crippen molar-refractivity contribution >= 4 is 29.1 Å². The van der Waals surface area contributed by atoms with E-state index in [0.29, 0.717) is 15.6 Å². The third-order valence-electron chi connectivity index (χ3n) is 3.21. The highest BCUT2D eigenvalue weighted by atomic mass is 35.5. The maximum Gasteiger partial charge on any atom is 0.224 e. The molecule has 1 aromatic heterocycles. The van der Waals surface area contributed by atoms with Crippen molar-refractivity contribution in [1.82, 2.24) is 5.32 Å². The second-order valence-corrected chi connectivity index (χ2v) is 5.78. The maximum atomic E-state index is 12.0. The van der Waals surface area contributed by atoms with Gasteiger partial charge in [0, 0.05) is 22.5 Å². The first kappa shape index (κ1) is 15.9. The molecule has 2 rings (SSSR count). The van der Waals surface area contributed by atoms with Crippen molar-refractivity contribution in [1.29, 1.82) is 0 Å².